The summed E-state index contributed by atoms with van der Waals surface area (Å²) in [5.41, 5.74) is 2.06. The van der Waals surface area contributed by atoms with Gasteiger partial charge in [-0.3, -0.25) is 9.59 Å². The van der Waals surface area contributed by atoms with Crippen LogP contribution < -0.4 is 15.0 Å². The Labute approximate surface area is 177 Å². The minimum Gasteiger partial charge on any atom is -0.477 e. The average molecular weight is 408 g/mol. The van der Waals surface area contributed by atoms with E-state index in [1.807, 2.05) is 52.3 Å². The van der Waals surface area contributed by atoms with Crippen molar-refractivity contribution in [1.29, 1.82) is 0 Å². The molecule has 6 nitrogen and oxygen atoms in total. The molecule has 0 saturated carbocycles. The number of para-hydroxylation sites is 2. The molecule has 2 heterocycles. The van der Waals surface area contributed by atoms with Crippen LogP contribution in [0.4, 0.5) is 5.69 Å². The van der Waals surface area contributed by atoms with Crippen molar-refractivity contribution in [3.63, 3.8) is 0 Å². The van der Waals surface area contributed by atoms with E-state index in [4.69, 9.17) is 4.74 Å². The van der Waals surface area contributed by atoms with Crippen molar-refractivity contribution >= 4 is 17.5 Å². The van der Waals surface area contributed by atoms with Crippen molar-refractivity contribution in [2.75, 3.05) is 37.6 Å². The molecular formula is C24H29N3O3. The Hall–Kier alpha value is -3.02. The molecule has 0 aliphatic carbocycles. The molecular weight excluding hydrogens is 378 g/mol. The van der Waals surface area contributed by atoms with Gasteiger partial charge in [-0.2, -0.15) is 0 Å². The quantitative estimate of drug-likeness (QED) is 0.800. The summed E-state index contributed by atoms with van der Waals surface area (Å²) < 4.78 is 6.03. The van der Waals surface area contributed by atoms with Crippen molar-refractivity contribution in [3.8, 4) is 5.75 Å². The Balaban J connectivity index is 1.38. The largest absolute Gasteiger partial charge is 0.477 e. The van der Waals surface area contributed by atoms with Gasteiger partial charge < -0.3 is 19.9 Å². The first-order valence-electron chi connectivity index (χ1n) is 10.8. The van der Waals surface area contributed by atoms with Gasteiger partial charge in [-0.15, -0.1) is 0 Å². The van der Waals surface area contributed by atoms with E-state index >= 15 is 0 Å². The van der Waals surface area contributed by atoms with Crippen molar-refractivity contribution in [2.24, 2.45) is 0 Å². The third kappa shape index (κ3) is 4.93. The topological polar surface area (TPSA) is 61.9 Å². The van der Waals surface area contributed by atoms with Gasteiger partial charge in [0, 0.05) is 19.6 Å². The summed E-state index contributed by atoms with van der Waals surface area (Å²) in [6.45, 7) is 2.77. The summed E-state index contributed by atoms with van der Waals surface area (Å²) in [7, 11) is 0. The number of likely N-dealkylation sites (tertiary alicyclic amines) is 1. The van der Waals surface area contributed by atoms with E-state index in [1.165, 1.54) is 12.0 Å². The number of anilines is 1. The molecule has 1 fully saturated rings. The van der Waals surface area contributed by atoms with Crippen LogP contribution in [0.1, 0.15) is 24.8 Å². The summed E-state index contributed by atoms with van der Waals surface area (Å²) in [6, 6.07) is 17.7. The number of benzene rings is 2. The number of nitrogens with one attached hydrogen (secondary N) is 1. The molecule has 0 spiro atoms. The van der Waals surface area contributed by atoms with Gasteiger partial charge in [-0.25, -0.2) is 0 Å². The van der Waals surface area contributed by atoms with Gasteiger partial charge in [-0.05, 0) is 43.4 Å². The fourth-order valence-corrected chi connectivity index (χ4v) is 4.12. The molecule has 1 atom stereocenters. The van der Waals surface area contributed by atoms with Crippen molar-refractivity contribution in [1.82, 2.24) is 10.2 Å². The molecule has 2 amide bonds. The first-order chi connectivity index (χ1) is 14.7. The number of nitrogens with zero attached hydrogens (tertiary/aromatic N) is 2. The summed E-state index contributed by atoms with van der Waals surface area (Å²) in [4.78, 5) is 29.5. The molecule has 30 heavy (non-hydrogen) atoms. The van der Waals surface area contributed by atoms with E-state index in [0.717, 1.165) is 38.0 Å². The normalized spacial score (nSPS) is 18.3. The first-order valence-corrected chi connectivity index (χ1v) is 10.8. The van der Waals surface area contributed by atoms with E-state index in [0.29, 0.717) is 18.8 Å². The second kappa shape index (κ2) is 9.65. The molecule has 1 N–H and O–H groups in total. The standard InChI is InChI=1S/C24H29N3O3/c28-23(25-14-13-19-9-3-1-4-10-19)18-27-17-22(24(29)26-15-7-2-8-16-26)30-21-12-6-5-11-20(21)27/h1,3-6,9-12,22H,2,7-8,13-18H2,(H,25,28)/t22-/m1/s1. The number of carbonyl (C=O) groups excluding carboxylic acids is 2. The van der Waals surface area contributed by atoms with Gasteiger partial charge in [0.2, 0.25) is 5.91 Å². The van der Waals surface area contributed by atoms with Gasteiger partial charge in [0.1, 0.15) is 5.75 Å². The predicted molar refractivity (Wildman–Crippen MR) is 117 cm³/mol. The maximum atomic E-state index is 13.0. The summed E-state index contributed by atoms with van der Waals surface area (Å²) in [5.74, 6) is 0.640. The second-order valence-electron chi connectivity index (χ2n) is 7.93. The van der Waals surface area contributed by atoms with Crippen LogP contribution >= 0.6 is 0 Å². The second-order valence-corrected chi connectivity index (χ2v) is 7.93. The lowest BCUT2D eigenvalue weighted by Gasteiger charge is -2.38. The van der Waals surface area contributed by atoms with E-state index < -0.39 is 6.10 Å². The highest BCUT2D eigenvalue weighted by molar-refractivity contribution is 5.86. The monoisotopic (exact) mass is 407 g/mol. The average Bonchev–Trinajstić information content (AvgIpc) is 2.80. The Bertz CT molecular complexity index is 865. The highest BCUT2D eigenvalue weighted by Gasteiger charge is 2.34. The predicted octanol–water partition coefficient (Wildman–Crippen LogP) is 2.63. The Kier molecular flexibility index (Phi) is 6.52. The number of hydrogen-bond acceptors (Lipinski definition) is 4. The third-order valence-corrected chi connectivity index (χ3v) is 5.72. The first kappa shape index (κ1) is 20.3. The Morgan fingerprint density at radius 1 is 0.967 bits per heavy atom. The van der Waals surface area contributed by atoms with Gasteiger partial charge in [0.15, 0.2) is 6.10 Å². The minimum absolute atomic E-state index is 0.0266. The molecule has 0 radical (unpaired) electrons. The summed E-state index contributed by atoms with van der Waals surface area (Å²) >= 11 is 0. The van der Waals surface area contributed by atoms with Crippen molar-refractivity contribution in [3.05, 3.63) is 60.2 Å². The van der Waals surface area contributed by atoms with Crippen LogP contribution in [0.25, 0.3) is 0 Å². The summed E-state index contributed by atoms with van der Waals surface area (Å²) in [5, 5.41) is 3.00. The van der Waals surface area contributed by atoms with Crippen LogP contribution in [0, 0.1) is 0 Å². The number of fused-ring (bicyclic) bond motifs is 1. The van der Waals surface area contributed by atoms with Crippen LogP contribution in [0.3, 0.4) is 0 Å². The maximum absolute atomic E-state index is 13.0. The minimum atomic E-state index is -0.574. The fraction of sp³-hybridized carbons (Fsp3) is 0.417. The molecule has 158 valence electrons. The summed E-state index contributed by atoms with van der Waals surface area (Å²) in [6.07, 6.45) is 3.48. The van der Waals surface area contributed by atoms with Crippen LogP contribution in [0.5, 0.6) is 5.75 Å². The van der Waals surface area contributed by atoms with Crippen LogP contribution in [-0.2, 0) is 16.0 Å². The van der Waals surface area contributed by atoms with Crippen molar-refractivity contribution < 1.29 is 14.3 Å². The number of rotatable bonds is 6. The van der Waals surface area contributed by atoms with E-state index in [1.54, 1.807) is 0 Å². The lowest BCUT2D eigenvalue weighted by Crippen LogP contribution is -2.53. The van der Waals surface area contributed by atoms with E-state index in [9.17, 15) is 9.59 Å². The number of ether oxygens (including phenoxy) is 1. The zero-order chi connectivity index (χ0) is 20.8. The lowest BCUT2D eigenvalue weighted by atomic mass is 10.1. The molecule has 0 bridgehead atoms. The van der Waals surface area contributed by atoms with Gasteiger partial charge >= 0.3 is 0 Å². The highest BCUT2D eigenvalue weighted by atomic mass is 16.5. The van der Waals surface area contributed by atoms with Crippen LogP contribution in [0.2, 0.25) is 0 Å². The number of amides is 2. The SMILES string of the molecule is O=C(CN1C[C@H](C(=O)N2CCCCC2)Oc2ccccc21)NCCc1ccccc1. The van der Waals surface area contributed by atoms with Gasteiger partial charge in [0.05, 0.1) is 18.8 Å². The van der Waals surface area contributed by atoms with Crippen molar-refractivity contribution in [2.45, 2.75) is 31.8 Å². The Morgan fingerprint density at radius 2 is 1.70 bits per heavy atom. The van der Waals surface area contributed by atoms with E-state index in [-0.39, 0.29) is 18.4 Å². The molecule has 2 aliphatic heterocycles. The molecule has 0 aromatic heterocycles. The number of piperidine rings is 1. The molecule has 2 aliphatic rings. The van der Waals surface area contributed by atoms with Crippen LogP contribution in [0.15, 0.2) is 54.6 Å². The van der Waals surface area contributed by atoms with E-state index in [2.05, 4.69) is 17.4 Å². The van der Waals surface area contributed by atoms with Crippen LogP contribution in [-0.4, -0.2) is 55.5 Å². The maximum Gasteiger partial charge on any atom is 0.265 e. The zero-order valence-electron chi connectivity index (χ0n) is 17.3. The Morgan fingerprint density at radius 3 is 2.50 bits per heavy atom. The molecule has 4 rings (SSSR count). The lowest BCUT2D eigenvalue weighted by molar-refractivity contribution is -0.139. The molecule has 0 unspecified atom stereocenters. The smallest absolute Gasteiger partial charge is 0.265 e. The molecule has 1 saturated heterocycles. The van der Waals surface area contributed by atoms with Gasteiger partial charge in [0.25, 0.3) is 5.91 Å². The fourth-order valence-electron chi connectivity index (χ4n) is 4.12. The third-order valence-electron chi connectivity index (χ3n) is 5.72. The molecule has 6 heteroatoms. The number of hydrogen-bond donors (Lipinski definition) is 1. The molecule has 2 aromatic carbocycles. The van der Waals surface area contributed by atoms with Gasteiger partial charge in [-0.1, -0.05) is 42.5 Å². The number of carbonyl (C=O) groups is 2. The zero-order valence-corrected chi connectivity index (χ0v) is 17.3. The highest BCUT2D eigenvalue weighted by Crippen LogP contribution is 2.33. The molecule has 2 aromatic rings.